The minimum Gasteiger partial charge on any atom is -0.373 e. The van der Waals surface area contributed by atoms with Gasteiger partial charge in [-0.05, 0) is 43.2 Å². The summed E-state index contributed by atoms with van der Waals surface area (Å²) in [6.45, 7) is 4.78. The summed E-state index contributed by atoms with van der Waals surface area (Å²) in [5, 5.41) is 6.10. The van der Waals surface area contributed by atoms with E-state index in [9.17, 15) is 14.0 Å². The molecule has 2 atom stereocenters. The molecule has 3 aromatic rings. The summed E-state index contributed by atoms with van der Waals surface area (Å²) in [4.78, 5) is 34.7. The number of benzene rings is 1. The molecule has 178 valence electrons. The van der Waals surface area contributed by atoms with E-state index in [1.54, 1.807) is 42.1 Å². The van der Waals surface area contributed by atoms with Gasteiger partial charge in [-0.3, -0.25) is 9.59 Å². The van der Waals surface area contributed by atoms with Crippen molar-refractivity contribution in [1.29, 1.82) is 0 Å². The minimum absolute atomic E-state index is 0.216. The summed E-state index contributed by atoms with van der Waals surface area (Å²) in [6.07, 6.45) is 3.77. The largest absolute Gasteiger partial charge is 0.373 e. The number of halogens is 2. The molecule has 0 bridgehead atoms. The van der Waals surface area contributed by atoms with Gasteiger partial charge in [0.2, 0.25) is 0 Å². The second kappa shape index (κ2) is 10.3. The Hall–Kier alpha value is -3.30. The molecule has 4 rings (SSSR count). The lowest BCUT2D eigenvalue weighted by Crippen LogP contribution is -2.31. The van der Waals surface area contributed by atoms with Gasteiger partial charge in [0.25, 0.3) is 11.8 Å². The quantitative estimate of drug-likeness (QED) is 0.527. The van der Waals surface area contributed by atoms with Crippen LogP contribution < -0.4 is 10.6 Å². The number of rotatable bonds is 7. The van der Waals surface area contributed by atoms with Crippen LogP contribution in [0, 0.1) is 5.82 Å². The molecule has 0 aliphatic carbocycles. The number of ether oxygens (including phenoxy) is 1. The van der Waals surface area contributed by atoms with Crippen LogP contribution in [-0.4, -0.2) is 33.0 Å². The first-order valence-electron chi connectivity index (χ1n) is 11.0. The molecule has 0 spiro atoms. The maximum Gasteiger partial charge on any atom is 0.268 e. The molecule has 8 nitrogen and oxygen atoms in total. The first-order valence-corrected chi connectivity index (χ1v) is 11.4. The Kier molecular flexibility index (Phi) is 7.23. The van der Waals surface area contributed by atoms with Gasteiger partial charge >= 0.3 is 0 Å². The van der Waals surface area contributed by atoms with Crippen molar-refractivity contribution >= 4 is 23.4 Å². The number of aromatic nitrogens is 3. The van der Waals surface area contributed by atoms with E-state index < -0.39 is 17.9 Å². The van der Waals surface area contributed by atoms with Crippen LogP contribution in [0.5, 0.6) is 0 Å². The standard InChI is InChI=1S/C24H25ClFN5O3/c1-3-19(16-6-5-15(26)11-18(16)25)30-24(33)20-12-17(21-13-34-10-9-31(20)21)23(32)29-14(2)22-27-7-4-8-28-22/h4-8,11-12,14,19H,3,9-10,13H2,1-2H3,(H,29,32)(H,30,33)/t14?,19-/m1/s1. The monoisotopic (exact) mass is 485 g/mol. The Balaban J connectivity index is 1.58. The fourth-order valence-corrected chi connectivity index (χ4v) is 4.30. The zero-order valence-electron chi connectivity index (χ0n) is 18.8. The van der Waals surface area contributed by atoms with Crippen molar-refractivity contribution < 1.29 is 18.7 Å². The Morgan fingerprint density at radius 1 is 1.21 bits per heavy atom. The molecule has 1 aliphatic rings. The lowest BCUT2D eigenvalue weighted by atomic mass is 10.0. The van der Waals surface area contributed by atoms with Gasteiger partial charge in [0.05, 0.1) is 36.6 Å². The molecule has 0 radical (unpaired) electrons. The first-order chi connectivity index (χ1) is 16.4. The van der Waals surface area contributed by atoms with E-state index in [4.69, 9.17) is 16.3 Å². The lowest BCUT2D eigenvalue weighted by molar-refractivity contribution is 0.0773. The highest BCUT2D eigenvalue weighted by Crippen LogP contribution is 2.27. The maximum atomic E-state index is 13.5. The molecule has 2 aromatic heterocycles. The van der Waals surface area contributed by atoms with Crippen LogP contribution in [0.1, 0.15) is 70.3 Å². The van der Waals surface area contributed by atoms with E-state index in [0.717, 1.165) is 0 Å². The SMILES string of the molecule is CC[C@@H](NC(=O)c1cc(C(=O)NC(C)c2ncccn2)c2n1CCOC2)c1ccc(F)cc1Cl. The van der Waals surface area contributed by atoms with E-state index in [-0.39, 0.29) is 23.4 Å². The van der Waals surface area contributed by atoms with Gasteiger partial charge < -0.3 is 19.9 Å². The number of amides is 2. The number of carbonyl (C=O) groups is 2. The van der Waals surface area contributed by atoms with Gasteiger partial charge in [-0.2, -0.15) is 0 Å². The smallest absolute Gasteiger partial charge is 0.268 e. The highest BCUT2D eigenvalue weighted by atomic mass is 35.5. The van der Waals surface area contributed by atoms with Crippen molar-refractivity contribution in [1.82, 2.24) is 25.2 Å². The van der Waals surface area contributed by atoms with Crippen LogP contribution in [0.3, 0.4) is 0 Å². The fraction of sp³-hybridized carbons (Fsp3) is 0.333. The Morgan fingerprint density at radius 2 is 1.97 bits per heavy atom. The number of nitrogens with one attached hydrogen (secondary N) is 2. The Labute approximate surface area is 201 Å². The number of nitrogens with zero attached hydrogens (tertiary/aromatic N) is 3. The predicted octanol–water partition coefficient (Wildman–Crippen LogP) is 3.97. The summed E-state index contributed by atoms with van der Waals surface area (Å²) in [7, 11) is 0. The first kappa shape index (κ1) is 23.8. The molecule has 2 amide bonds. The predicted molar refractivity (Wildman–Crippen MR) is 124 cm³/mol. The molecule has 10 heteroatoms. The summed E-state index contributed by atoms with van der Waals surface area (Å²) >= 11 is 6.22. The van der Waals surface area contributed by atoms with Crippen molar-refractivity contribution in [3.8, 4) is 0 Å². The average Bonchev–Trinajstić information content (AvgIpc) is 3.23. The van der Waals surface area contributed by atoms with E-state index in [1.165, 1.54) is 12.1 Å². The van der Waals surface area contributed by atoms with Gasteiger partial charge in [0, 0.05) is 24.0 Å². The highest BCUT2D eigenvalue weighted by Gasteiger charge is 2.28. The van der Waals surface area contributed by atoms with Crippen molar-refractivity contribution in [3.05, 3.63) is 81.9 Å². The van der Waals surface area contributed by atoms with Gasteiger partial charge in [0.1, 0.15) is 17.3 Å². The van der Waals surface area contributed by atoms with Crippen LogP contribution in [-0.2, 0) is 17.9 Å². The number of fused-ring (bicyclic) bond motifs is 1. The third-order valence-corrected chi connectivity index (χ3v) is 6.08. The topological polar surface area (TPSA) is 98.1 Å². The molecular weight excluding hydrogens is 461 g/mol. The molecule has 0 saturated heterocycles. The molecule has 0 saturated carbocycles. The molecule has 2 N–H and O–H groups in total. The summed E-state index contributed by atoms with van der Waals surface area (Å²) in [6, 6.07) is 6.54. The van der Waals surface area contributed by atoms with Crippen LogP contribution in [0.4, 0.5) is 4.39 Å². The molecular formula is C24H25ClFN5O3. The van der Waals surface area contributed by atoms with E-state index >= 15 is 0 Å². The van der Waals surface area contributed by atoms with E-state index in [1.807, 2.05) is 6.92 Å². The van der Waals surface area contributed by atoms with Crippen LogP contribution in [0.2, 0.25) is 5.02 Å². The Morgan fingerprint density at radius 3 is 2.68 bits per heavy atom. The molecule has 1 aliphatic heterocycles. The van der Waals surface area contributed by atoms with E-state index in [2.05, 4.69) is 20.6 Å². The summed E-state index contributed by atoms with van der Waals surface area (Å²) < 4.78 is 20.8. The number of hydrogen-bond acceptors (Lipinski definition) is 5. The van der Waals surface area contributed by atoms with Crippen LogP contribution in [0.15, 0.2) is 42.7 Å². The van der Waals surface area contributed by atoms with Crippen molar-refractivity contribution in [3.63, 3.8) is 0 Å². The van der Waals surface area contributed by atoms with Gasteiger partial charge in [0.15, 0.2) is 0 Å². The zero-order chi connectivity index (χ0) is 24.2. The minimum atomic E-state index is -0.443. The molecule has 34 heavy (non-hydrogen) atoms. The molecule has 0 fully saturated rings. The molecule has 1 unspecified atom stereocenters. The van der Waals surface area contributed by atoms with Crippen LogP contribution >= 0.6 is 11.6 Å². The highest BCUT2D eigenvalue weighted by molar-refractivity contribution is 6.31. The van der Waals surface area contributed by atoms with Crippen molar-refractivity contribution in [2.45, 2.75) is 45.5 Å². The number of carbonyl (C=O) groups excluding carboxylic acids is 2. The average molecular weight is 486 g/mol. The van der Waals surface area contributed by atoms with Crippen molar-refractivity contribution in [2.75, 3.05) is 6.61 Å². The van der Waals surface area contributed by atoms with Gasteiger partial charge in [-0.25, -0.2) is 14.4 Å². The van der Waals surface area contributed by atoms with Crippen LogP contribution in [0.25, 0.3) is 0 Å². The fourth-order valence-electron chi connectivity index (χ4n) is 4.00. The van der Waals surface area contributed by atoms with E-state index in [0.29, 0.717) is 47.9 Å². The zero-order valence-corrected chi connectivity index (χ0v) is 19.6. The van der Waals surface area contributed by atoms with Crippen molar-refractivity contribution in [2.24, 2.45) is 0 Å². The maximum absolute atomic E-state index is 13.5. The number of hydrogen-bond donors (Lipinski definition) is 2. The third-order valence-electron chi connectivity index (χ3n) is 5.76. The van der Waals surface area contributed by atoms with Gasteiger partial charge in [-0.1, -0.05) is 24.6 Å². The molecule has 3 heterocycles. The summed E-state index contributed by atoms with van der Waals surface area (Å²) in [5.74, 6) is -0.655. The normalized spacial score (nSPS) is 14.7. The lowest BCUT2D eigenvalue weighted by Gasteiger charge is -2.22. The second-order valence-electron chi connectivity index (χ2n) is 8.00. The third kappa shape index (κ3) is 4.95. The summed E-state index contributed by atoms with van der Waals surface area (Å²) in [5.41, 5.74) is 1.97. The van der Waals surface area contributed by atoms with Gasteiger partial charge in [-0.15, -0.1) is 0 Å². The molecule has 1 aromatic carbocycles. The Bertz CT molecular complexity index is 1200. The second-order valence-corrected chi connectivity index (χ2v) is 8.40.